The third kappa shape index (κ3) is 4.31. The molecule has 1 saturated heterocycles. The van der Waals surface area contributed by atoms with Crippen molar-refractivity contribution in [1.29, 1.82) is 0 Å². The molecule has 2 heterocycles. The molecule has 0 spiro atoms. The number of piperidine rings is 1. The average Bonchev–Trinajstić information content (AvgIpc) is 3.31. The van der Waals surface area contributed by atoms with E-state index in [1.807, 2.05) is 6.07 Å². The predicted molar refractivity (Wildman–Crippen MR) is 84.9 cm³/mol. The van der Waals surface area contributed by atoms with Crippen LogP contribution in [0.15, 0.2) is 12.3 Å². The Bertz CT molecular complexity index is 479. The van der Waals surface area contributed by atoms with Gasteiger partial charge in [0.25, 0.3) is 0 Å². The molecule has 0 amide bonds. The summed E-state index contributed by atoms with van der Waals surface area (Å²) in [5, 5.41) is 4.19. The third-order valence-corrected chi connectivity index (χ3v) is 4.75. The first-order chi connectivity index (χ1) is 10.2. The second-order valence-corrected chi connectivity index (χ2v) is 6.62. The zero-order valence-electron chi connectivity index (χ0n) is 12.6. The van der Waals surface area contributed by atoms with Gasteiger partial charge in [-0.05, 0) is 44.8 Å². The number of aromatic nitrogens is 1. The molecule has 21 heavy (non-hydrogen) atoms. The van der Waals surface area contributed by atoms with E-state index in [0.29, 0.717) is 29.6 Å². The molecule has 1 aromatic rings. The molecule has 116 valence electrons. The first kappa shape index (κ1) is 15.1. The van der Waals surface area contributed by atoms with Crippen molar-refractivity contribution in [1.82, 2.24) is 15.2 Å². The lowest BCUT2D eigenvalue weighted by Gasteiger charge is -2.31. The Morgan fingerprint density at radius 1 is 1.38 bits per heavy atom. The van der Waals surface area contributed by atoms with Crippen LogP contribution in [0.3, 0.4) is 0 Å². The van der Waals surface area contributed by atoms with Crippen molar-refractivity contribution in [2.75, 3.05) is 20.2 Å². The van der Waals surface area contributed by atoms with Gasteiger partial charge in [-0.2, -0.15) is 0 Å². The number of nitrogens with zero attached hydrogens (tertiary/aromatic N) is 2. The van der Waals surface area contributed by atoms with Crippen LogP contribution in [0.1, 0.15) is 37.7 Å². The number of hydrogen-bond acceptors (Lipinski definition) is 4. The van der Waals surface area contributed by atoms with E-state index in [4.69, 9.17) is 16.3 Å². The quantitative estimate of drug-likeness (QED) is 0.877. The average molecular weight is 310 g/mol. The molecule has 1 N–H and O–H groups in total. The van der Waals surface area contributed by atoms with E-state index in [1.165, 1.54) is 38.6 Å². The monoisotopic (exact) mass is 309 g/mol. The summed E-state index contributed by atoms with van der Waals surface area (Å²) in [5.74, 6) is 0.686. The molecule has 0 radical (unpaired) electrons. The smallest absolute Gasteiger partial charge is 0.213 e. The van der Waals surface area contributed by atoms with E-state index in [2.05, 4.69) is 22.2 Å². The second kappa shape index (κ2) is 6.95. The van der Waals surface area contributed by atoms with Crippen molar-refractivity contribution in [3.8, 4) is 5.88 Å². The highest BCUT2D eigenvalue weighted by Crippen LogP contribution is 2.23. The summed E-state index contributed by atoms with van der Waals surface area (Å²) in [6.07, 6.45) is 8.05. The molecule has 2 fully saturated rings. The minimum atomic E-state index is 0.504. The van der Waals surface area contributed by atoms with Gasteiger partial charge < -0.3 is 15.0 Å². The molecule has 0 aromatic carbocycles. The van der Waals surface area contributed by atoms with Crippen LogP contribution in [0, 0.1) is 0 Å². The summed E-state index contributed by atoms with van der Waals surface area (Å²) >= 11 is 6.21. The lowest BCUT2D eigenvalue weighted by atomic mass is 10.0. The summed E-state index contributed by atoms with van der Waals surface area (Å²) in [7, 11) is 2.17. The standard InChI is InChI=1S/C16H24ClN3O/c1-20-7-3-2-4-14(20)11-21-16-8-12(15(17)10-19-16)9-18-13-5-6-13/h8,10,13-14,18H,2-7,9,11H2,1H3. The van der Waals surface area contributed by atoms with Gasteiger partial charge in [0.15, 0.2) is 0 Å². The molecule has 3 rings (SSSR count). The van der Waals surface area contributed by atoms with Crippen molar-refractivity contribution in [3.05, 3.63) is 22.8 Å². The predicted octanol–water partition coefficient (Wildman–Crippen LogP) is 2.85. The highest BCUT2D eigenvalue weighted by Gasteiger charge is 2.21. The number of likely N-dealkylation sites (tertiary alicyclic amines) is 1. The highest BCUT2D eigenvalue weighted by atomic mass is 35.5. The van der Waals surface area contributed by atoms with Crippen LogP contribution in [-0.2, 0) is 6.54 Å². The molecule has 1 aliphatic heterocycles. The van der Waals surface area contributed by atoms with Gasteiger partial charge in [-0.3, -0.25) is 0 Å². The fourth-order valence-corrected chi connectivity index (χ4v) is 2.92. The van der Waals surface area contributed by atoms with Crippen LogP contribution in [0.4, 0.5) is 0 Å². The molecule has 1 saturated carbocycles. The van der Waals surface area contributed by atoms with Crippen LogP contribution in [0.5, 0.6) is 5.88 Å². The van der Waals surface area contributed by atoms with E-state index in [0.717, 1.165) is 12.1 Å². The zero-order valence-corrected chi connectivity index (χ0v) is 13.4. The maximum absolute atomic E-state index is 6.21. The fraction of sp³-hybridized carbons (Fsp3) is 0.688. The minimum absolute atomic E-state index is 0.504. The van der Waals surface area contributed by atoms with Crippen molar-refractivity contribution in [2.24, 2.45) is 0 Å². The molecule has 4 nitrogen and oxygen atoms in total. The molecule has 0 bridgehead atoms. The SMILES string of the molecule is CN1CCCCC1COc1cc(CNC2CC2)c(Cl)cn1. The Labute approximate surface area is 131 Å². The van der Waals surface area contributed by atoms with Gasteiger partial charge in [0.1, 0.15) is 6.61 Å². The van der Waals surface area contributed by atoms with Crippen molar-refractivity contribution in [2.45, 2.75) is 50.7 Å². The van der Waals surface area contributed by atoms with Crippen LogP contribution in [0.25, 0.3) is 0 Å². The van der Waals surface area contributed by atoms with E-state index < -0.39 is 0 Å². The van der Waals surface area contributed by atoms with Crippen LogP contribution < -0.4 is 10.1 Å². The molecule has 5 heteroatoms. The van der Waals surface area contributed by atoms with E-state index in [9.17, 15) is 0 Å². The second-order valence-electron chi connectivity index (χ2n) is 6.21. The summed E-state index contributed by atoms with van der Waals surface area (Å²) in [6.45, 7) is 2.67. The molecular formula is C16H24ClN3O. The van der Waals surface area contributed by atoms with E-state index >= 15 is 0 Å². The van der Waals surface area contributed by atoms with Crippen molar-refractivity contribution < 1.29 is 4.74 Å². The topological polar surface area (TPSA) is 37.4 Å². The number of likely N-dealkylation sites (N-methyl/N-ethyl adjacent to an activating group) is 1. The number of ether oxygens (including phenoxy) is 1. The van der Waals surface area contributed by atoms with Crippen LogP contribution >= 0.6 is 11.6 Å². The van der Waals surface area contributed by atoms with Gasteiger partial charge in [-0.25, -0.2) is 4.98 Å². The fourth-order valence-electron chi connectivity index (χ4n) is 2.75. The van der Waals surface area contributed by atoms with E-state index in [1.54, 1.807) is 6.20 Å². The van der Waals surface area contributed by atoms with Gasteiger partial charge >= 0.3 is 0 Å². The van der Waals surface area contributed by atoms with Gasteiger partial charge in [0.2, 0.25) is 5.88 Å². The minimum Gasteiger partial charge on any atom is -0.476 e. The maximum Gasteiger partial charge on any atom is 0.213 e. The van der Waals surface area contributed by atoms with Crippen molar-refractivity contribution >= 4 is 11.6 Å². The Morgan fingerprint density at radius 2 is 2.24 bits per heavy atom. The molecule has 2 aliphatic rings. The largest absolute Gasteiger partial charge is 0.476 e. The number of hydrogen-bond donors (Lipinski definition) is 1. The van der Waals surface area contributed by atoms with Crippen LogP contribution in [-0.4, -0.2) is 42.2 Å². The van der Waals surface area contributed by atoms with Gasteiger partial charge in [0, 0.05) is 30.9 Å². The Kier molecular flexibility index (Phi) is 4.99. The number of pyridine rings is 1. The zero-order chi connectivity index (χ0) is 14.7. The van der Waals surface area contributed by atoms with Gasteiger partial charge in [0.05, 0.1) is 5.02 Å². The third-order valence-electron chi connectivity index (χ3n) is 4.41. The summed E-state index contributed by atoms with van der Waals surface area (Å²) in [6, 6.07) is 3.15. The normalized spacial score (nSPS) is 23.2. The van der Waals surface area contributed by atoms with Crippen LogP contribution in [0.2, 0.25) is 5.02 Å². The first-order valence-corrected chi connectivity index (χ1v) is 8.31. The molecule has 1 atom stereocenters. The Balaban J connectivity index is 1.55. The molecule has 1 unspecified atom stereocenters. The molecular weight excluding hydrogens is 286 g/mol. The van der Waals surface area contributed by atoms with E-state index in [-0.39, 0.29) is 0 Å². The summed E-state index contributed by atoms with van der Waals surface area (Å²) in [4.78, 5) is 6.67. The number of halogens is 1. The maximum atomic E-state index is 6.21. The Hall–Kier alpha value is -0.840. The number of rotatable bonds is 6. The van der Waals surface area contributed by atoms with Gasteiger partial charge in [-0.1, -0.05) is 18.0 Å². The Morgan fingerprint density at radius 3 is 3.00 bits per heavy atom. The van der Waals surface area contributed by atoms with Crippen molar-refractivity contribution in [3.63, 3.8) is 0 Å². The summed E-state index contributed by atoms with van der Waals surface area (Å²) in [5.41, 5.74) is 1.07. The molecule has 1 aromatic heterocycles. The highest BCUT2D eigenvalue weighted by molar-refractivity contribution is 6.31. The lowest BCUT2D eigenvalue weighted by Crippen LogP contribution is -2.40. The first-order valence-electron chi connectivity index (χ1n) is 7.93. The molecule has 1 aliphatic carbocycles. The van der Waals surface area contributed by atoms with Gasteiger partial charge in [-0.15, -0.1) is 0 Å². The summed E-state index contributed by atoms with van der Waals surface area (Å²) < 4.78 is 5.89. The lowest BCUT2D eigenvalue weighted by molar-refractivity contribution is 0.122. The number of nitrogens with one attached hydrogen (secondary N) is 1.